The van der Waals surface area contributed by atoms with E-state index in [9.17, 15) is 4.79 Å². The second-order valence-corrected chi connectivity index (χ2v) is 4.36. The molecule has 3 heteroatoms. The molecule has 15 heavy (non-hydrogen) atoms. The number of hydrogen-bond acceptors (Lipinski definition) is 2. The Morgan fingerprint density at radius 1 is 1.40 bits per heavy atom. The van der Waals surface area contributed by atoms with Crippen LogP contribution in [-0.2, 0) is 11.2 Å². The molecule has 1 aliphatic heterocycles. The summed E-state index contributed by atoms with van der Waals surface area (Å²) in [5, 5.41) is 0. The topological polar surface area (TPSA) is 46.3 Å². The van der Waals surface area contributed by atoms with Gasteiger partial charge in [0.2, 0.25) is 5.91 Å². The van der Waals surface area contributed by atoms with Gasteiger partial charge in [0.1, 0.15) is 0 Å². The van der Waals surface area contributed by atoms with Crippen LogP contribution >= 0.6 is 0 Å². The van der Waals surface area contributed by atoms with Gasteiger partial charge >= 0.3 is 0 Å². The van der Waals surface area contributed by atoms with Crippen molar-refractivity contribution in [3.8, 4) is 0 Å². The van der Waals surface area contributed by atoms with Gasteiger partial charge in [0.05, 0.1) is 0 Å². The molecule has 0 unspecified atom stereocenters. The Morgan fingerprint density at radius 2 is 2.20 bits per heavy atom. The molecule has 1 aromatic carbocycles. The van der Waals surface area contributed by atoms with Crippen molar-refractivity contribution < 1.29 is 4.79 Å². The third-order valence-electron chi connectivity index (χ3n) is 3.26. The summed E-state index contributed by atoms with van der Waals surface area (Å²) in [5.74, 6) is 0.580. The molecular formula is C12H14N2O. The maximum absolute atomic E-state index is 12.0. The average Bonchev–Trinajstić information content (AvgIpc) is 2.98. The highest BCUT2D eigenvalue weighted by molar-refractivity contribution is 5.99. The van der Waals surface area contributed by atoms with Crippen molar-refractivity contribution in [1.29, 1.82) is 0 Å². The fraction of sp³-hybridized carbons (Fsp3) is 0.417. The normalized spacial score (nSPS) is 19.1. The van der Waals surface area contributed by atoms with Crippen molar-refractivity contribution in [2.45, 2.75) is 19.3 Å². The van der Waals surface area contributed by atoms with Crippen molar-refractivity contribution in [3.63, 3.8) is 0 Å². The number of fused-ring (bicyclic) bond motifs is 1. The van der Waals surface area contributed by atoms with E-state index in [-0.39, 0.29) is 5.92 Å². The minimum Gasteiger partial charge on any atom is -0.398 e. The molecule has 1 amide bonds. The Morgan fingerprint density at radius 3 is 2.93 bits per heavy atom. The number of nitrogen functional groups attached to an aromatic ring is 1. The summed E-state index contributed by atoms with van der Waals surface area (Å²) in [6.45, 7) is 0.804. The monoisotopic (exact) mass is 202 g/mol. The second kappa shape index (κ2) is 2.99. The fourth-order valence-corrected chi connectivity index (χ4v) is 2.24. The molecule has 1 aromatic rings. The third-order valence-corrected chi connectivity index (χ3v) is 3.26. The second-order valence-electron chi connectivity index (χ2n) is 4.36. The van der Waals surface area contributed by atoms with E-state index in [1.807, 2.05) is 23.1 Å². The Labute approximate surface area is 88.9 Å². The van der Waals surface area contributed by atoms with Crippen LogP contribution in [0.2, 0.25) is 0 Å². The quantitative estimate of drug-likeness (QED) is 0.702. The van der Waals surface area contributed by atoms with Crippen LogP contribution < -0.4 is 10.6 Å². The van der Waals surface area contributed by atoms with E-state index in [2.05, 4.69) is 0 Å². The van der Waals surface area contributed by atoms with Crippen LogP contribution in [0, 0.1) is 5.92 Å². The Balaban J connectivity index is 1.97. The molecular weight excluding hydrogens is 188 g/mol. The molecule has 3 nitrogen and oxygen atoms in total. The zero-order valence-electron chi connectivity index (χ0n) is 8.57. The maximum Gasteiger partial charge on any atom is 0.230 e. The predicted molar refractivity (Wildman–Crippen MR) is 59.6 cm³/mol. The first-order valence-corrected chi connectivity index (χ1v) is 5.46. The predicted octanol–water partition coefficient (Wildman–Crippen LogP) is 1.57. The number of rotatable bonds is 1. The van der Waals surface area contributed by atoms with E-state index in [1.165, 1.54) is 0 Å². The smallest absolute Gasteiger partial charge is 0.230 e. The van der Waals surface area contributed by atoms with Crippen LogP contribution in [0.1, 0.15) is 18.4 Å². The number of carbonyl (C=O) groups excluding carboxylic acids is 1. The third kappa shape index (κ3) is 1.30. The summed E-state index contributed by atoms with van der Waals surface area (Å²) in [4.78, 5) is 13.9. The van der Waals surface area contributed by atoms with E-state index >= 15 is 0 Å². The number of nitrogens with zero attached hydrogens (tertiary/aromatic N) is 1. The Bertz CT molecular complexity index is 424. The first kappa shape index (κ1) is 8.77. The summed E-state index contributed by atoms with van der Waals surface area (Å²) in [7, 11) is 0. The van der Waals surface area contributed by atoms with Gasteiger partial charge in [0.15, 0.2) is 0 Å². The van der Waals surface area contributed by atoms with E-state index < -0.39 is 0 Å². The van der Waals surface area contributed by atoms with Crippen molar-refractivity contribution in [3.05, 3.63) is 23.8 Å². The minimum atomic E-state index is 0.289. The maximum atomic E-state index is 12.0. The standard InChI is InChI=1S/C12H14N2O/c13-10-2-1-3-11-9(10)6-7-14(11)12(15)8-4-5-8/h1-3,8H,4-7,13H2. The molecule has 0 radical (unpaired) electrons. The van der Waals surface area contributed by atoms with Crippen molar-refractivity contribution in [2.75, 3.05) is 17.2 Å². The van der Waals surface area contributed by atoms with Gasteiger partial charge in [-0.1, -0.05) is 6.07 Å². The number of nitrogens with two attached hydrogens (primary N) is 1. The Kier molecular flexibility index (Phi) is 1.75. The molecule has 1 heterocycles. The van der Waals surface area contributed by atoms with E-state index in [4.69, 9.17) is 5.73 Å². The van der Waals surface area contributed by atoms with Gasteiger partial charge in [-0.15, -0.1) is 0 Å². The number of benzene rings is 1. The Hall–Kier alpha value is -1.51. The molecule has 1 aliphatic carbocycles. The molecule has 0 spiro atoms. The van der Waals surface area contributed by atoms with Crippen LogP contribution in [0.3, 0.4) is 0 Å². The highest BCUT2D eigenvalue weighted by Gasteiger charge is 2.36. The summed E-state index contributed by atoms with van der Waals surface area (Å²) in [6.07, 6.45) is 3.03. The highest BCUT2D eigenvalue weighted by atomic mass is 16.2. The SMILES string of the molecule is Nc1cccc2c1CCN2C(=O)C1CC1. The van der Waals surface area contributed by atoms with E-state index in [0.717, 1.165) is 42.7 Å². The lowest BCUT2D eigenvalue weighted by Crippen LogP contribution is -2.30. The molecule has 2 N–H and O–H groups in total. The van der Waals surface area contributed by atoms with Crippen molar-refractivity contribution in [1.82, 2.24) is 0 Å². The zero-order chi connectivity index (χ0) is 10.4. The molecule has 1 fully saturated rings. The number of anilines is 2. The highest BCUT2D eigenvalue weighted by Crippen LogP contribution is 2.37. The van der Waals surface area contributed by atoms with Gasteiger partial charge in [-0.25, -0.2) is 0 Å². The van der Waals surface area contributed by atoms with Gasteiger partial charge in [0.25, 0.3) is 0 Å². The van der Waals surface area contributed by atoms with Gasteiger partial charge in [0, 0.05) is 29.4 Å². The molecule has 1 saturated carbocycles. The van der Waals surface area contributed by atoms with Crippen LogP contribution in [0.15, 0.2) is 18.2 Å². The fourth-order valence-electron chi connectivity index (χ4n) is 2.24. The largest absolute Gasteiger partial charge is 0.398 e. The summed E-state index contributed by atoms with van der Waals surface area (Å²) < 4.78 is 0. The van der Waals surface area contributed by atoms with Crippen LogP contribution in [0.5, 0.6) is 0 Å². The van der Waals surface area contributed by atoms with Crippen LogP contribution in [0.25, 0.3) is 0 Å². The van der Waals surface area contributed by atoms with Gasteiger partial charge in [-0.3, -0.25) is 4.79 Å². The molecule has 0 atom stereocenters. The lowest BCUT2D eigenvalue weighted by molar-refractivity contribution is -0.119. The van der Waals surface area contributed by atoms with E-state index in [0.29, 0.717) is 5.91 Å². The molecule has 3 rings (SSSR count). The lowest BCUT2D eigenvalue weighted by Gasteiger charge is -2.17. The first-order valence-electron chi connectivity index (χ1n) is 5.46. The van der Waals surface area contributed by atoms with Crippen LogP contribution in [-0.4, -0.2) is 12.5 Å². The minimum absolute atomic E-state index is 0.289. The van der Waals surface area contributed by atoms with Gasteiger partial charge in [-0.05, 0) is 31.4 Å². The van der Waals surface area contributed by atoms with Crippen LogP contribution in [0.4, 0.5) is 11.4 Å². The number of carbonyl (C=O) groups is 1. The number of amides is 1. The lowest BCUT2D eigenvalue weighted by atomic mass is 10.1. The van der Waals surface area contributed by atoms with Gasteiger partial charge in [-0.2, -0.15) is 0 Å². The van der Waals surface area contributed by atoms with Gasteiger partial charge < -0.3 is 10.6 Å². The molecule has 0 bridgehead atoms. The van der Waals surface area contributed by atoms with Crippen molar-refractivity contribution >= 4 is 17.3 Å². The molecule has 2 aliphatic rings. The summed E-state index contributed by atoms with van der Waals surface area (Å²) >= 11 is 0. The molecule has 78 valence electrons. The summed E-state index contributed by atoms with van der Waals surface area (Å²) in [6, 6.07) is 5.83. The first-order chi connectivity index (χ1) is 7.27. The molecule has 0 saturated heterocycles. The average molecular weight is 202 g/mol. The van der Waals surface area contributed by atoms with E-state index in [1.54, 1.807) is 0 Å². The number of hydrogen-bond donors (Lipinski definition) is 1. The van der Waals surface area contributed by atoms with Crippen molar-refractivity contribution in [2.24, 2.45) is 5.92 Å². The summed E-state index contributed by atoms with van der Waals surface area (Å²) in [5.41, 5.74) is 8.89. The zero-order valence-corrected chi connectivity index (χ0v) is 8.57. The molecule has 0 aromatic heterocycles.